The highest BCUT2D eigenvalue weighted by Crippen LogP contribution is 2.33. The highest BCUT2D eigenvalue weighted by molar-refractivity contribution is 7.91. The molecular weight excluding hydrogens is 529 g/mol. The van der Waals surface area contributed by atoms with Crippen molar-refractivity contribution >= 4 is 33.2 Å². The first-order chi connectivity index (χ1) is 18.3. The minimum absolute atomic E-state index is 0.0111. The second-order valence-corrected chi connectivity index (χ2v) is 12.4. The minimum atomic E-state index is -3.57. The number of sulfonamides is 1. The second-order valence-electron chi connectivity index (χ2n) is 9.07. The lowest BCUT2D eigenvalue weighted by atomic mass is 10.1. The van der Waals surface area contributed by atoms with E-state index in [9.17, 15) is 12.8 Å². The van der Waals surface area contributed by atoms with Gasteiger partial charge < -0.3 is 9.73 Å². The van der Waals surface area contributed by atoms with Crippen LogP contribution in [0.4, 0.5) is 10.3 Å². The number of aromatic nitrogens is 5. The summed E-state index contributed by atoms with van der Waals surface area (Å²) in [5.41, 5.74) is 3.20. The topological polar surface area (TPSA) is 119 Å². The van der Waals surface area contributed by atoms with Crippen LogP contribution in [0.15, 0.2) is 57.6 Å². The molecule has 10 nitrogen and oxygen atoms in total. The highest BCUT2D eigenvalue weighted by Gasteiger charge is 2.32. The first kappa shape index (κ1) is 24.6. The zero-order chi connectivity index (χ0) is 26.4. The second kappa shape index (κ2) is 9.57. The van der Waals surface area contributed by atoms with Gasteiger partial charge in [-0.1, -0.05) is 0 Å². The van der Waals surface area contributed by atoms with Crippen molar-refractivity contribution < 1.29 is 17.2 Å². The number of anilines is 1. The standard InChI is InChI=1S/C25H24FN7O3S2/c1-15-23(37-16(2)28-15)38(34,35)32-11-8-19(9-12-32)29-24-27-10-7-20(30-24)22-21(17-3-5-18(26)6-4-17)31-25-33(22)13-14-36-25/h3-7,10,13-14,19H,8-9,11-12H2,1-2H3,(H,27,29,30). The molecule has 4 aromatic heterocycles. The van der Waals surface area contributed by atoms with Crippen molar-refractivity contribution in [2.24, 2.45) is 0 Å². The number of oxazole rings is 1. The summed E-state index contributed by atoms with van der Waals surface area (Å²) in [7, 11) is -3.57. The van der Waals surface area contributed by atoms with Crippen LogP contribution >= 0.6 is 11.3 Å². The van der Waals surface area contributed by atoms with E-state index in [0.717, 1.165) is 10.6 Å². The van der Waals surface area contributed by atoms with Gasteiger partial charge in [0.2, 0.25) is 5.95 Å². The van der Waals surface area contributed by atoms with E-state index in [0.29, 0.717) is 64.7 Å². The van der Waals surface area contributed by atoms with Crippen molar-refractivity contribution in [3.05, 3.63) is 65.5 Å². The van der Waals surface area contributed by atoms with Gasteiger partial charge in [0.15, 0.2) is 4.21 Å². The molecule has 0 spiro atoms. The molecule has 6 rings (SSSR count). The molecule has 0 bridgehead atoms. The van der Waals surface area contributed by atoms with E-state index in [1.54, 1.807) is 41.9 Å². The molecule has 0 radical (unpaired) electrons. The Hall–Kier alpha value is -3.68. The molecule has 0 aliphatic carbocycles. The zero-order valence-electron chi connectivity index (χ0n) is 20.6. The van der Waals surface area contributed by atoms with Crippen molar-refractivity contribution in [1.29, 1.82) is 0 Å². The number of hydrogen-bond acceptors (Lipinski definition) is 9. The number of nitrogens with one attached hydrogen (secondary N) is 1. The van der Waals surface area contributed by atoms with Gasteiger partial charge in [-0.25, -0.2) is 27.8 Å². The fourth-order valence-electron chi connectivity index (χ4n) is 4.69. The largest absolute Gasteiger partial charge is 0.432 e. The van der Waals surface area contributed by atoms with Crippen molar-refractivity contribution in [3.63, 3.8) is 0 Å². The predicted molar refractivity (Wildman–Crippen MR) is 141 cm³/mol. The number of fused-ring (bicyclic) bond motifs is 1. The number of piperidine rings is 1. The molecule has 1 saturated heterocycles. The molecule has 13 heteroatoms. The van der Waals surface area contributed by atoms with Crippen LogP contribution in [0.3, 0.4) is 0 Å². The van der Waals surface area contributed by atoms with Gasteiger partial charge in [-0.2, -0.15) is 9.29 Å². The summed E-state index contributed by atoms with van der Waals surface area (Å²) in [6.07, 6.45) is 6.18. The molecule has 1 aliphatic rings. The quantitative estimate of drug-likeness (QED) is 0.326. The summed E-state index contributed by atoms with van der Waals surface area (Å²) < 4.78 is 48.9. The first-order valence-electron chi connectivity index (χ1n) is 12.1. The van der Waals surface area contributed by atoms with E-state index in [1.807, 2.05) is 6.92 Å². The summed E-state index contributed by atoms with van der Waals surface area (Å²) in [5, 5.41) is 4.10. The lowest BCUT2D eigenvalue weighted by Gasteiger charge is -2.31. The highest BCUT2D eigenvalue weighted by atomic mass is 32.2. The van der Waals surface area contributed by atoms with Gasteiger partial charge in [-0.05, 0) is 57.0 Å². The predicted octanol–water partition coefficient (Wildman–Crippen LogP) is 4.53. The maximum Gasteiger partial charge on any atom is 0.306 e. The summed E-state index contributed by atoms with van der Waals surface area (Å²) in [5.74, 6) is 0.497. The van der Waals surface area contributed by atoms with E-state index >= 15 is 0 Å². The maximum absolute atomic E-state index is 13.5. The summed E-state index contributed by atoms with van der Waals surface area (Å²) in [6.45, 7) is 4.33. The fourth-order valence-corrected chi connectivity index (χ4v) is 7.78. The fraction of sp³-hybridized carbons (Fsp3) is 0.280. The number of halogens is 1. The Morgan fingerprint density at radius 2 is 1.84 bits per heavy atom. The number of imidazole rings is 1. The molecule has 0 saturated carbocycles. The van der Waals surface area contributed by atoms with Crippen molar-refractivity contribution in [2.45, 2.75) is 36.9 Å². The van der Waals surface area contributed by atoms with E-state index in [-0.39, 0.29) is 11.9 Å². The molecule has 1 N–H and O–H groups in total. The van der Waals surface area contributed by atoms with Gasteiger partial charge in [0.25, 0.3) is 10.0 Å². The Kier molecular flexibility index (Phi) is 6.20. The van der Waals surface area contributed by atoms with E-state index in [2.05, 4.69) is 20.3 Å². The third kappa shape index (κ3) is 4.46. The van der Waals surface area contributed by atoms with Gasteiger partial charge in [0.1, 0.15) is 23.5 Å². The molecule has 38 heavy (non-hydrogen) atoms. The number of nitrogens with zero attached hydrogens (tertiary/aromatic N) is 6. The van der Waals surface area contributed by atoms with Crippen LogP contribution in [0.25, 0.3) is 28.5 Å². The molecule has 0 amide bonds. The molecule has 196 valence electrons. The van der Waals surface area contributed by atoms with Crippen molar-refractivity contribution in [3.8, 4) is 22.6 Å². The Bertz CT molecular complexity index is 1720. The van der Waals surface area contributed by atoms with Gasteiger partial charge in [-0.15, -0.1) is 11.3 Å². The maximum atomic E-state index is 13.5. The SMILES string of the molecule is Cc1nc(C)c(S(=O)(=O)N2CCC(Nc3nccc(-c4c(-c5ccc(F)cc5)nc5occn45)n3)CC2)s1. The third-order valence-electron chi connectivity index (χ3n) is 6.50. The van der Waals surface area contributed by atoms with Gasteiger partial charge in [-0.3, -0.25) is 4.40 Å². The van der Waals surface area contributed by atoms with Crippen LogP contribution in [-0.2, 0) is 10.0 Å². The van der Waals surface area contributed by atoms with Crippen LogP contribution in [0, 0.1) is 19.7 Å². The minimum Gasteiger partial charge on any atom is -0.432 e. The van der Waals surface area contributed by atoms with Crippen LogP contribution in [0.1, 0.15) is 23.5 Å². The average Bonchev–Trinajstić information content (AvgIpc) is 3.59. The Morgan fingerprint density at radius 1 is 1.08 bits per heavy atom. The van der Waals surface area contributed by atoms with E-state index in [1.165, 1.54) is 34.0 Å². The molecule has 1 aromatic carbocycles. The number of aryl methyl sites for hydroxylation is 2. The van der Waals surface area contributed by atoms with E-state index < -0.39 is 10.0 Å². The van der Waals surface area contributed by atoms with Crippen LogP contribution in [0.5, 0.6) is 0 Å². The molecule has 0 atom stereocenters. The number of hydrogen-bond donors (Lipinski definition) is 1. The first-order valence-corrected chi connectivity index (χ1v) is 14.3. The Balaban J connectivity index is 1.22. The lowest BCUT2D eigenvalue weighted by molar-refractivity contribution is 0.329. The number of thiazole rings is 1. The smallest absolute Gasteiger partial charge is 0.306 e. The molecule has 5 aromatic rings. The van der Waals surface area contributed by atoms with Crippen molar-refractivity contribution in [2.75, 3.05) is 18.4 Å². The number of rotatable bonds is 6. The van der Waals surface area contributed by atoms with Gasteiger partial charge in [0, 0.05) is 37.1 Å². The van der Waals surface area contributed by atoms with Gasteiger partial charge in [0.05, 0.1) is 16.4 Å². The van der Waals surface area contributed by atoms with Gasteiger partial charge >= 0.3 is 5.84 Å². The Morgan fingerprint density at radius 3 is 2.55 bits per heavy atom. The third-order valence-corrected chi connectivity index (χ3v) is 10.1. The molecule has 1 fully saturated rings. The van der Waals surface area contributed by atoms with E-state index in [4.69, 9.17) is 9.40 Å². The molecule has 5 heterocycles. The Labute approximate surface area is 222 Å². The average molecular weight is 554 g/mol. The lowest BCUT2D eigenvalue weighted by Crippen LogP contribution is -2.42. The summed E-state index contributed by atoms with van der Waals surface area (Å²) >= 11 is 1.21. The summed E-state index contributed by atoms with van der Waals surface area (Å²) in [6, 6.07) is 7.89. The molecular formula is C25H24FN7O3S2. The van der Waals surface area contributed by atoms with Crippen LogP contribution < -0.4 is 5.32 Å². The van der Waals surface area contributed by atoms with Crippen LogP contribution in [-0.4, -0.2) is 56.2 Å². The number of benzene rings is 1. The van der Waals surface area contributed by atoms with Crippen LogP contribution in [0.2, 0.25) is 0 Å². The zero-order valence-corrected chi connectivity index (χ0v) is 22.3. The monoisotopic (exact) mass is 553 g/mol. The molecule has 1 aliphatic heterocycles. The normalized spacial score (nSPS) is 15.3. The molecule has 0 unspecified atom stereocenters. The van der Waals surface area contributed by atoms with Crippen molar-refractivity contribution in [1.82, 2.24) is 28.6 Å². The summed E-state index contributed by atoms with van der Waals surface area (Å²) in [4.78, 5) is 18.0.